The molecule has 1 aliphatic carbocycles. The van der Waals surface area contributed by atoms with E-state index in [1.165, 1.54) is 12.8 Å². The number of aliphatic imine (C=N–C) groups is 1. The second-order valence-corrected chi connectivity index (χ2v) is 5.07. The Balaban J connectivity index is 0.00000200. The lowest BCUT2D eigenvalue weighted by molar-refractivity contribution is 0.265. The second kappa shape index (κ2) is 9.18. The van der Waals surface area contributed by atoms with Crippen LogP contribution in [-0.2, 0) is 0 Å². The molecular formula is C15H24IN3O. The molecule has 0 aromatic heterocycles. The summed E-state index contributed by atoms with van der Waals surface area (Å²) in [5.41, 5.74) is 1.15. The van der Waals surface area contributed by atoms with Gasteiger partial charge in [-0.25, -0.2) is 0 Å². The lowest BCUT2D eigenvalue weighted by Crippen LogP contribution is -2.40. The monoisotopic (exact) mass is 389 g/mol. The molecule has 0 radical (unpaired) electrons. The standard InChI is InChI=1S/C15H23N3O.HI/c1-16-15(17-9-12-7-8-12)18-10-14(11-19)13-5-3-2-4-6-13;/h2-6,12,14,19H,7-11H2,1H3,(H2,16,17,18);1H. The molecule has 112 valence electrons. The molecular weight excluding hydrogens is 365 g/mol. The summed E-state index contributed by atoms with van der Waals surface area (Å²) in [5, 5.41) is 16.1. The molecule has 1 saturated carbocycles. The van der Waals surface area contributed by atoms with Crippen LogP contribution in [0.3, 0.4) is 0 Å². The van der Waals surface area contributed by atoms with Crippen LogP contribution in [0.4, 0.5) is 0 Å². The number of aliphatic hydroxyl groups excluding tert-OH is 1. The van der Waals surface area contributed by atoms with Gasteiger partial charge in [-0.15, -0.1) is 24.0 Å². The third-order valence-electron chi connectivity index (χ3n) is 3.49. The molecule has 2 rings (SSSR count). The Bertz CT molecular complexity index is 407. The molecule has 0 aliphatic heterocycles. The van der Waals surface area contributed by atoms with Crippen LogP contribution in [0.15, 0.2) is 35.3 Å². The van der Waals surface area contributed by atoms with Gasteiger partial charge in [0.05, 0.1) is 6.61 Å². The fourth-order valence-electron chi connectivity index (χ4n) is 2.02. The van der Waals surface area contributed by atoms with Crippen molar-refractivity contribution in [2.45, 2.75) is 18.8 Å². The fraction of sp³-hybridized carbons (Fsp3) is 0.533. The van der Waals surface area contributed by atoms with Crippen LogP contribution in [0.5, 0.6) is 0 Å². The highest BCUT2D eigenvalue weighted by Gasteiger charge is 2.21. The van der Waals surface area contributed by atoms with Gasteiger partial charge in [0.15, 0.2) is 5.96 Å². The predicted molar refractivity (Wildman–Crippen MR) is 93.8 cm³/mol. The molecule has 1 unspecified atom stereocenters. The van der Waals surface area contributed by atoms with Crippen LogP contribution < -0.4 is 10.6 Å². The van der Waals surface area contributed by atoms with Gasteiger partial charge >= 0.3 is 0 Å². The van der Waals surface area contributed by atoms with Crippen molar-refractivity contribution in [1.29, 1.82) is 0 Å². The Morgan fingerprint density at radius 1 is 1.30 bits per heavy atom. The van der Waals surface area contributed by atoms with Gasteiger partial charge in [-0.05, 0) is 24.3 Å². The van der Waals surface area contributed by atoms with Crippen molar-refractivity contribution in [2.24, 2.45) is 10.9 Å². The largest absolute Gasteiger partial charge is 0.396 e. The summed E-state index contributed by atoms with van der Waals surface area (Å²) < 4.78 is 0. The quantitative estimate of drug-likeness (QED) is 0.396. The lowest BCUT2D eigenvalue weighted by Gasteiger charge is -2.18. The van der Waals surface area contributed by atoms with Crippen LogP contribution in [0, 0.1) is 5.92 Å². The number of nitrogens with one attached hydrogen (secondary N) is 2. The summed E-state index contributed by atoms with van der Waals surface area (Å²) in [6, 6.07) is 10.1. The van der Waals surface area contributed by atoms with Crippen molar-refractivity contribution in [2.75, 3.05) is 26.7 Å². The number of rotatable bonds is 6. The first-order valence-corrected chi connectivity index (χ1v) is 6.93. The molecule has 4 nitrogen and oxygen atoms in total. The number of hydrogen-bond acceptors (Lipinski definition) is 2. The Morgan fingerprint density at radius 2 is 2.00 bits per heavy atom. The average Bonchev–Trinajstić information content (AvgIpc) is 3.28. The van der Waals surface area contributed by atoms with E-state index < -0.39 is 0 Å². The summed E-state index contributed by atoms with van der Waals surface area (Å²) in [7, 11) is 1.78. The highest BCUT2D eigenvalue weighted by Crippen LogP contribution is 2.27. The summed E-state index contributed by atoms with van der Waals surface area (Å²) >= 11 is 0. The molecule has 0 heterocycles. The number of aliphatic hydroxyl groups is 1. The van der Waals surface area contributed by atoms with Crippen LogP contribution in [0.2, 0.25) is 0 Å². The molecule has 20 heavy (non-hydrogen) atoms. The van der Waals surface area contributed by atoms with E-state index in [0.717, 1.165) is 24.0 Å². The van der Waals surface area contributed by atoms with E-state index in [1.807, 2.05) is 30.3 Å². The van der Waals surface area contributed by atoms with E-state index in [0.29, 0.717) is 6.54 Å². The van der Waals surface area contributed by atoms with Crippen molar-refractivity contribution in [3.05, 3.63) is 35.9 Å². The van der Waals surface area contributed by atoms with Gasteiger partial charge in [-0.3, -0.25) is 4.99 Å². The smallest absolute Gasteiger partial charge is 0.191 e. The van der Waals surface area contributed by atoms with Gasteiger partial charge < -0.3 is 15.7 Å². The molecule has 0 spiro atoms. The molecule has 1 aromatic rings. The van der Waals surface area contributed by atoms with Crippen LogP contribution in [0.1, 0.15) is 24.3 Å². The van der Waals surface area contributed by atoms with Gasteiger partial charge in [-0.1, -0.05) is 30.3 Å². The first-order valence-electron chi connectivity index (χ1n) is 6.93. The maximum atomic E-state index is 9.49. The van der Waals surface area contributed by atoms with Gasteiger partial charge in [0, 0.05) is 26.1 Å². The van der Waals surface area contributed by atoms with Gasteiger partial charge in [-0.2, -0.15) is 0 Å². The lowest BCUT2D eigenvalue weighted by atomic mass is 10.0. The molecule has 1 atom stereocenters. The molecule has 1 aliphatic rings. The van der Waals surface area contributed by atoms with E-state index in [-0.39, 0.29) is 36.5 Å². The summed E-state index contributed by atoms with van der Waals surface area (Å²) in [6.07, 6.45) is 2.65. The van der Waals surface area contributed by atoms with Gasteiger partial charge in [0.2, 0.25) is 0 Å². The average molecular weight is 389 g/mol. The highest BCUT2D eigenvalue weighted by molar-refractivity contribution is 14.0. The highest BCUT2D eigenvalue weighted by atomic mass is 127. The summed E-state index contributed by atoms with van der Waals surface area (Å²) in [4.78, 5) is 4.20. The Labute approximate surface area is 138 Å². The van der Waals surface area contributed by atoms with Crippen LogP contribution >= 0.6 is 24.0 Å². The van der Waals surface area contributed by atoms with E-state index >= 15 is 0 Å². The molecule has 5 heteroatoms. The third-order valence-corrected chi connectivity index (χ3v) is 3.49. The van der Waals surface area contributed by atoms with Gasteiger partial charge in [0.25, 0.3) is 0 Å². The van der Waals surface area contributed by atoms with E-state index in [9.17, 15) is 5.11 Å². The van der Waals surface area contributed by atoms with E-state index in [2.05, 4.69) is 15.6 Å². The minimum Gasteiger partial charge on any atom is -0.396 e. The summed E-state index contributed by atoms with van der Waals surface area (Å²) in [6.45, 7) is 1.82. The number of benzene rings is 1. The van der Waals surface area contributed by atoms with E-state index in [1.54, 1.807) is 7.05 Å². The predicted octanol–water partition coefficient (Wildman–Crippen LogP) is 1.96. The second-order valence-electron chi connectivity index (χ2n) is 5.07. The molecule has 1 fully saturated rings. The van der Waals surface area contributed by atoms with Crippen molar-refractivity contribution in [1.82, 2.24) is 10.6 Å². The van der Waals surface area contributed by atoms with E-state index in [4.69, 9.17) is 0 Å². The maximum Gasteiger partial charge on any atom is 0.191 e. The Morgan fingerprint density at radius 3 is 2.55 bits per heavy atom. The summed E-state index contributed by atoms with van der Waals surface area (Å²) in [5.74, 6) is 1.74. The number of halogens is 1. The van der Waals surface area contributed by atoms with Crippen molar-refractivity contribution in [3.8, 4) is 0 Å². The van der Waals surface area contributed by atoms with Crippen LogP contribution in [0.25, 0.3) is 0 Å². The molecule has 0 saturated heterocycles. The zero-order chi connectivity index (χ0) is 13.5. The molecule has 0 amide bonds. The molecule has 0 bridgehead atoms. The number of nitrogens with zero attached hydrogens (tertiary/aromatic N) is 1. The van der Waals surface area contributed by atoms with Crippen molar-refractivity contribution < 1.29 is 5.11 Å². The van der Waals surface area contributed by atoms with Gasteiger partial charge in [0.1, 0.15) is 0 Å². The molecule has 1 aromatic carbocycles. The van der Waals surface area contributed by atoms with Crippen molar-refractivity contribution >= 4 is 29.9 Å². The van der Waals surface area contributed by atoms with Crippen LogP contribution in [-0.4, -0.2) is 37.8 Å². The van der Waals surface area contributed by atoms with Crippen molar-refractivity contribution in [3.63, 3.8) is 0 Å². The molecule has 3 N–H and O–H groups in total. The Kier molecular flexibility index (Phi) is 7.91. The first kappa shape index (κ1) is 17.2. The zero-order valence-corrected chi connectivity index (χ0v) is 14.2. The fourth-order valence-corrected chi connectivity index (χ4v) is 2.02. The number of hydrogen-bond donors (Lipinski definition) is 3. The number of guanidine groups is 1. The Hall–Kier alpha value is -0.820. The minimum atomic E-state index is 0. The minimum absolute atomic E-state index is 0. The third kappa shape index (κ3) is 5.66. The zero-order valence-electron chi connectivity index (χ0n) is 11.9. The maximum absolute atomic E-state index is 9.49. The first-order chi connectivity index (χ1) is 9.33. The SMILES string of the molecule is CN=C(NCC1CC1)NCC(CO)c1ccccc1.I. The normalized spacial score (nSPS) is 16.2. The topological polar surface area (TPSA) is 56.7 Å².